The molecular weight excluding hydrogens is 361 g/mol. The number of nitrogens with two attached hydrogens (primary N) is 1. The predicted octanol–water partition coefficient (Wildman–Crippen LogP) is 2.05. The second-order valence-corrected chi connectivity index (χ2v) is 4.98. The second kappa shape index (κ2) is 6.43. The van der Waals surface area contributed by atoms with Crippen molar-refractivity contribution in [3.8, 4) is 16.9 Å². The Bertz CT molecular complexity index is 965. The van der Waals surface area contributed by atoms with Crippen molar-refractivity contribution in [1.82, 2.24) is 4.98 Å². The number of aromatic carboxylic acids is 2. The van der Waals surface area contributed by atoms with Crippen molar-refractivity contribution >= 4 is 17.8 Å². The van der Waals surface area contributed by atoms with Gasteiger partial charge < -0.3 is 25.7 Å². The Kier molecular flexibility index (Phi) is 4.65. The van der Waals surface area contributed by atoms with Gasteiger partial charge in [-0.3, -0.25) is 4.79 Å². The molecule has 0 atom stereocenters. The zero-order valence-electron chi connectivity index (χ0n) is 13.0. The summed E-state index contributed by atoms with van der Waals surface area (Å²) in [5.41, 5.74) is -1.39. The number of ether oxygens (including phenoxy) is 1. The average molecular weight is 372 g/mol. The van der Waals surface area contributed by atoms with Gasteiger partial charge in [0.15, 0.2) is 0 Å². The third-order valence-electron chi connectivity index (χ3n) is 3.47. The Morgan fingerprint density at radius 1 is 1.12 bits per heavy atom. The summed E-state index contributed by atoms with van der Waals surface area (Å²) in [4.78, 5) is 36.8. The number of hydrogen-bond acceptors (Lipinski definition) is 5. The number of alkyl halides is 3. The first-order valence-electron chi connectivity index (χ1n) is 6.77. The molecule has 0 spiro atoms. The monoisotopic (exact) mass is 372 g/mol. The van der Waals surface area contributed by atoms with Gasteiger partial charge in [-0.1, -0.05) is 6.07 Å². The van der Waals surface area contributed by atoms with E-state index in [2.05, 4.69) is 0 Å². The zero-order chi connectivity index (χ0) is 19.8. The number of carboxylic acids is 2. The number of nitrogens with one attached hydrogen (secondary N) is 1. The molecule has 138 valence electrons. The molecule has 0 bridgehead atoms. The number of carboxylic acid groups (broad SMARTS) is 2. The Balaban J connectivity index is 3.19. The molecular formula is C15H11F3N2O6. The maximum atomic E-state index is 13.4. The highest BCUT2D eigenvalue weighted by molar-refractivity contribution is 6.08. The van der Waals surface area contributed by atoms with Crippen LogP contribution >= 0.6 is 0 Å². The summed E-state index contributed by atoms with van der Waals surface area (Å²) in [6.07, 6.45) is -4.99. The van der Waals surface area contributed by atoms with E-state index in [1.165, 1.54) is 0 Å². The third kappa shape index (κ3) is 3.06. The Labute approximate surface area is 142 Å². The molecule has 0 radical (unpaired) electrons. The number of rotatable bonds is 4. The quantitative estimate of drug-likeness (QED) is 0.643. The van der Waals surface area contributed by atoms with Crippen LogP contribution in [-0.4, -0.2) is 34.2 Å². The molecule has 26 heavy (non-hydrogen) atoms. The van der Waals surface area contributed by atoms with E-state index in [4.69, 9.17) is 10.5 Å². The fourth-order valence-electron chi connectivity index (χ4n) is 2.49. The van der Waals surface area contributed by atoms with E-state index >= 15 is 0 Å². The first kappa shape index (κ1) is 18.8. The van der Waals surface area contributed by atoms with Crippen LogP contribution in [0.25, 0.3) is 11.1 Å². The Morgan fingerprint density at radius 2 is 1.69 bits per heavy atom. The normalized spacial score (nSPS) is 11.2. The summed E-state index contributed by atoms with van der Waals surface area (Å²) >= 11 is 0. The van der Waals surface area contributed by atoms with Crippen LogP contribution < -0.4 is 16.0 Å². The van der Waals surface area contributed by atoms with Crippen LogP contribution in [0.5, 0.6) is 5.75 Å². The van der Waals surface area contributed by atoms with Crippen molar-refractivity contribution < 1.29 is 37.7 Å². The molecule has 2 rings (SSSR count). The third-order valence-corrected chi connectivity index (χ3v) is 3.47. The van der Waals surface area contributed by atoms with Crippen LogP contribution in [-0.2, 0) is 6.18 Å². The summed E-state index contributed by atoms with van der Waals surface area (Å²) in [6, 6.07) is 2.66. The van der Waals surface area contributed by atoms with Crippen LogP contribution in [0.15, 0.2) is 23.0 Å². The number of H-pyrrole nitrogens is 1. The molecule has 0 aliphatic rings. The van der Waals surface area contributed by atoms with Gasteiger partial charge in [0.25, 0.3) is 5.56 Å². The molecule has 0 amide bonds. The lowest BCUT2D eigenvalue weighted by Crippen LogP contribution is -2.25. The number of benzene rings is 1. The van der Waals surface area contributed by atoms with Gasteiger partial charge in [-0.05, 0) is 12.1 Å². The van der Waals surface area contributed by atoms with Crippen molar-refractivity contribution in [2.24, 2.45) is 0 Å². The van der Waals surface area contributed by atoms with Gasteiger partial charge in [-0.2, -0.15) is 13.2 Å². The maximum absolute atomic E-state index is 13.4. The van der Waals surface area contributed by atoms with Gasteiger partial charge in [0.1, 0.15) is 22.7 Å². The lowest BCUT2D eigenvalue weighted by Gasteiger charge is -2.19. The van der Waals surface area contributed by atoms with E-state index in [1.807, 2.05) is 4.98 Å². The van der Waals surface area contributed by atoms with Crippen molar-refractivity contribution in [2.45, 2.75) is 6.18 Å². The summed E-state index contributed by atoms with van der Waals surface area (Å²) in [5.74, 6) is -5.02. The number of anilines is 1. The first-order valence-corrected chi connectivity index (χ1v) is 6.77. The Hall–Kier alpha value is -3.50. The molecule has 8 nitrogen and oxygen atoms in total. The smallest absolute Gasteiger partial charge is 0.417 e. The van der Waals surface area contributed by atoms with E-state index in [0.717, 1.165) is 19.2 Å². The zero-order valence-corrected chi connectivity index (χ0v) is 13.0. The minimum absolute atomic E-state index is 0.477. The van der Waals surface area contributed by atoms with Gasteiger partial charge in [0.05, 0.1) is 12.7 Å². The van der Waals surface area contributed by atoms with Crippen molar-refractivity contribution in [1.29, 1.82) is 0 Å². The molecule has 0 saturated heterocycles. The predicted molar refractivity (Wildman–Crippen MR) is 82.4 cm³/mol. The SMILES string of the molecule is COc1cccc(C(F)(F)F)c1-c1c(C(=O)O)c(N)[nH]c(=O)c1C(=O)O. The topological polar surface area (TPSA) is 143 Å². The van der Waals surface area contributed by atoms with E-state index in [9.17, 15) is 37.8 Å². The summed E-state index contributed by atoms with van der Waals surface area (Å²) in [6.45, 7) is 0. The highest BCUT2D eigenvalue weighted by atomic mass is 19.4. The number of pyridine rings is 1. The first-order chi connectivity index (χ1) is 12.0. The summed E-state index contributed by atoms with van der Waals surface area (Å²) in [5, 5.41) is 18.6. The largest absolute Gasteiger partial charge is 0.496 e. The van der Waals surface area contributed by atoms with Gasteiger partial charge in [0.2, 0.25) is 0 Å². The van der Waals surface area contributed by atoms with Gasteiger partial charge in [0, 0.05) is 11.1 Å². The molecule has 0 aliphatic heterocycles. The van der Waals surface area contributed by atoms with Crippen LogP contribution in [0.4, 0.5) is 19.0 Å². The van der Waals surface area contributed by atoms with Crippen LogP contribution in [0.3, 0.4) is 0 Å². The molecule has 5 N–H and O–H groups in total. The molecule has 1 aromatic heterocycles. The van der Waals surface area contributed by atoms with E-state index < -0.39 is 63.1 Å². The molecule has 1 aromatic carbocycles. The molecule has 0 aliphatic carbocycles. The van der Waals surface area contributed by atoms with E-state index in [0.29, 0.717) is 6.07 Å². The number of aromatic amines is 1. The molecule has 1 heterocycles. The number of halogens is 3. The lowest BCUT2D eigenvalue weighted by molar-refractivity contribution is -0.137. The minimum atomic E-state index is -4.99. The molecule has 0 fully saturated rings. The number of carbonyl (C=O) groups is 2. The van der Waals surface area contributed by atoms with Crippen LogP contribution in [0.2, 0.25) is 0 Å². The Morgan fingerprint density at radius 3 is 2.15 bits per heavy atom. The fraction of sp³-hybridized carbons (Fsp3) is 0.133. The van der Waals surface area contributed by atoms with Crippen molar-refractivity contribution in [3.05, 3.63) is 45.2 Å². The average Bonchev–Trinajstić information content (AvgIpc) is 2.51. The fourth-order valence-corrected chi connectivity index (χ4v) is 2.49. The number of nitrogen functional groups attached to an aromatic ring is 1. The number of methoxy groups -OCH3 is 1. The van der Waals surface area contributed by atoms with Gasteiger partial charge in [-0.25, -0.2) is 9.59 Å². The van der Waals surface area contributed by atoms with Crippen molar-refractivity contribution in [2.75, 3.05) is 12.8 Å². The molecule has 2 aromatic rings. The van der Waals surface area contributed by atoms with Gasteiger partial charge >= 0.3 is 18.1 Å². The molecule has 0 saturated carbocycles. The summed E-state index contributed by atoms with van der Waals surface area (Å²) in [7, 11) is 1.01. The number of aromatic nitrogens is 1. The minimum Gasteiger partial charge on any atom is -0.496 e. The summed E-state index contributed by atoms with van der Waals surface area (Å²) < 4.78 is 45.2. The standard InChI is InChI=1S/C15H11F3N2O6/c1-26-6-4-2-3-5(15(16,17)18)7(6)8-9(13(22)23)11(19)20-12(21)10(8)14(24)25/h2-4H,1H3,(H,22,23)(H,24,25)(H3,19,20,21). The highest BCUT2D eigenvalue weighted by Gasteiger charge is 2.38. The highest BCUT2D eigenvalue weighted by Crippen LogP contribution is 2.44. The van der Waals surface area contributed by atoms with Gasteiger partial charge in [-0.15, -0.1) is 0 Å². The molecule has 0 unspecified atom stereocenters. The van der Waals surface area contributed by atoms with Crippen LogP contribution in [0, 0.1) is 0 Å². The van der Waals surface area contributed by atoms with E-state index in [1.54, 1.807) is 0 Å². The van der Waals surface area contributed by atoms with E-state index in [-0.39, 0.29) is 0 Å². The molecule has 11 heteroatoms. The van der Waals surface area contributed by atoms with Crippen LogP contribution in [0.1, 0.15) is 26.3 Å². The number of hydrogen-bond donors (Lipinski definition) is 4. The van der Waals surface area contributed by atoms with Crippen molar-refractivity contribution in [3.63, 3.8) is 0 Å². The lowest BCUT2D eigenvalue weighted by atomic mass is 9.91. The maximum Gasteiger partial charge on any atom is 0.417 e. The second-order valence-electron chi connectivity index (χ2n) is 4.98.